The predicted molar refractivity (Wildman–Crippen MR) is 93.1 cm³/mol. The highest BCUT2D eigenvalue weighted by Crippen LogP contribution is 2.46. The molecule has 1 aliphatic rings. The zero-order valence-electron chi connectivity index (χ0n) is 13.9. The summed E-state index contributed by atoms with van der Waals surface area (Å²) in [5, 5.41) is 6.29. The van der Waals surface area contributed by atoms with Crippen molar-refractivity contribution < 1.29 is 22.7 Å². The summed E-state index contributed by atoms with van der Waals surface area (Å²) in [6.45, 7) is 2.11. The van der Waals surface area contributed by atoms with Gasteiger partial charge in [0.05, 0.1) is 16.8 Å². The highest BCUT2D eigenvalue weighted by Gasteiger charge is 2.41. The molecule has 0 unspecified atom stereocenters. The van der Waals surface area contributed by atoms with Gasteiger partial charge in [-0.25, -0.2) is 0 Å². The van der Waals surface area contributed by atoms with E-state index in [4.69, 9.17) is 4.74 Å². The average Bonchev–Trinajstić information content (AvgIpc) is 3.33. The summed E-state index contributed by atoms with van der Waals surface area (Å²) in [7, 11) is 0. The Hall–Kier alpha value is -2.03. The van der Waals surface area contributed by atoms with Crippen molar-refractivity contribution in [2.45, 2.75) is 38.4 Å². The minimum atomic E-state index is -4.57. The summed E-state index contributed by atoms with van der Waals surface area (Å²) in [6, 6.07) is 6.76. The van der Waals surface area contributed by atoms with E-state index in [1.165, 1.54) is 0 Å². The third kappa shape index (κ3) is 4.20. The lowest BCUT2D eigenvalue weighted by atomic mass is 10.2. The molecule has 1 heterocycles. The third-order valence-corrected chi connectivity index (χ3v) is 4.69. The number of carbonyl (C=O) groups excluding carboxylic acids is 1. The third-order valence-electron chi connectivity index (χ3n) is 3.91. The molecule has 0 atom stereocenters. The first kappa shape index (κ1) is 18.8. The van der Waals surface area contributed by atoms with Crippen molar-refractivity contribution in [1.29, 1.82) is 0 Å². The van der Waals surface area contributed by atoms with Crippen LogP contribution in [0.4, 0.5) is 18.9 Å². The molecule has 3 rings (SSSR count). The van der Waals surface area contributed by atoms with Crippen LogP contribution >= 0.6 is 15.9 Å². The van der Waals surface area contributed by atoms with Crippen LogP contribution in [-0.4, -0.2) is 22.3 Å². The van der Waals surface area contributed by atoms with Crippen molar-refractivity contribution in [2.24, 2.45) is 0 Å². The molecular formula is C17H17BrF3N3O2. The number of rotatable bonds is 6. The quantitative estimate of drug-likeness (QED) is 0.727. The minimum Gasteiger partial charge on any atom is -0.494 e. The maximum Gasteiger partial charge on any atom is 0.436 e. The zero-order valence-corrected chi connectivity index (χ0v) is 15.5. The molecule has 0 aliphatic heterocycles. The van der Waals surface area contributed by atoms with Gasteiger partial charge < -0.3 is 10.1 Å². The smallest absolute Gasteiger partial charge is 0.436 e. The van der Waals surface area contributed by atoms with Gasteiger partial charge in [-0.05, 0) is 60.0 Å². The molecule has 1 amide bonds. The van der Waals surface area contributed by atoms with Crippen LogP contribution < -0.4 is 10.1 Å². The van der Waals surface area contributed by atoms with E-state index in [9.17, 15) is 18.0 Å². The largest absolute Gasteiger partial charge is 0.494 e. The van der Waals surface area contributed by atoms with Gasteiger partial charge in [-0.3, -0.25) is 9.48 Å². The summed E-state index contributed by atoms with van der Waals surface area (Å²) in [5.74, 6) is 0.235. The van der Waals surface area contributed by atoms with Crippen LogP contribution in [-0.2, 0) is 17.5 Å². The number of benzene rings is 1. The van der Waals surface area contributed by atoms with Crippen LogP contribution in [0.1, 0.15) is 37.1 Å². The predicted octanol–water partition coefficient (Wildman–Crippen LogP) is 4.58. The van der Waals surface area contributed by atoms with Crippen molar-refractivity contribution in [3.8, 4) is 5.75 Å². The molecule has 1 N–H and O–H groups in total. The monoisotopic (exact) mass is 431 g/mol. The van der Waals surface area contributed by atoms with E-state index < -0.39 is 17.8 Å². The number of amides is 1. The van der Waals surface area contributed by atoms with E-state index in [1.807, 2.05) is 6.92 Å². The van der Waals surface area contributed by atoms with Gasteiger partial charge in [0, 0.05) is 11.6 Å². The van der Waals surface area contributed by atoms with Gasteiger partial charge in [0.15, 0.2) is 5.69 Å². The fraction of sp³-hybridized carbons (Fsp3) is 0.412. The maximum absolute atomic E-state index is 13.1. The minimum absolute atomic E-state index is 0.00579. The lowest BCUT2D eigenvalue weighted by Crippen LogP contribution is -2.21. The zero-order chi connectivity index (χ0) is 18.9. The van der Waals surface area contributed by atoms with Crippen LogP contribution in [0.5, 0.6) is 5.75 Å². The molecule has 0 saturated heterocycles. The van der Waals surface area contributed by atoms with Gasteiger partial charge in [-0.15, -0.1) is 0 Å². The molecule has 1 aliphatic carbocycles. The van der Waals surface area contributed by atoms with Crippen molar-refractivity contribution in [2.75, 3.05) is 11.9 Å². The van der Waals surface area contributed by atoms with E-state index in [2.05, 4.69) is 26.3 Å². The molecule has 0 spiro atoms. The van der Waals surface area contributed by atoms with E-state index >= 15 is 0 Å². The van der Waals surface area contributed by atoms with Gasteiger partial charge in [-0.2, -0.15) is 18.3 Å². The average molecular weight is 432 g/mol. The first-order chi connectivity index (χ1) is 12.3. The molecule has 0 radical (unpaired) electrons. The fourth-order valence-electron chi connectivity index (χ4n) is 2.64. The van der Waals surface area contributed by atoms with Gasteiger partial charge >= 0.3 is 6.18 Å². The van der Waals surface area contributed by atoms with Crippen molar-refractivity contribution in [3.05, 3.63) is 40.1 Å². The SMILES string of the molecule is CCOc1ccc(NC(=O)Cn2nc(C(F)(F)F)c(Br)c2C2CC2)cc1. The maximum atomic E-state index is 13.1. The molecular weight excluding hydrogens is 415 g/mol. The summed E-state index contributed by atoms with van der Waals surface area (Å²) in [5.41, 5.74) is -0.0267. The number of hydrogen-bond acceptors (Lipinski definition) is 3. The molecule has 1 aromatic heterocycles. The Labute approximate surface area is 156 Å². The molecule has 9 heteroatoms. The normalized spacial score (nSPS) is 14.3. The van der Waals surface area contributed by atoms with Crippen LogP contribution in [0.3, 0.4) is 0 Å². The number of anilines is 1. The lowest BCUT2D eigenvalue weighted by molar-refractivity contribution is -0.142. The van der Waals surface area contributed by atoms with E-state index in [1.54, 1.807) is 24.3 Å². The summed E-state index contributed by atoms with van der Waals surface area (Å²) < 4.78 is 45.7. The Bertz CT molecular complexity index is 799. The highest BCUT2D eigenvalue weighted by molar-refractivity contribution is 9.10. The second-order valence-electron chi connectivity index (χ2n) is 5.98. The topological polar surface area (TPSA) is 56.1 Å². The first-order valence-corrected chi connectivity index (χ1v) is 8.95. The van der Waals surface area contributed by atoms with Crippen LogP contribution in [0, 0.1) is 0 Å². The Morgan fingerprint density at radius 3 is 2.54 bits per heavy atom. The molecule has 26 heavy (non-hydrogen) atoms. The second kappa shape index (κ2) is 7.30. The highest BCUT2D eigenvalue weighted by atomic mass is 79.9. The van der Waals surface area contributed by atoms with Crippen LogP contribution in [0.2, 0.25) is 0 Å². The van der Waals surface area contributed by atoms with E-state index in [-0.39, 0.29) is 16.9 Å². The molecule has 5 nitrogen and oxygen atoms in total. The number of ether oxygens (including phenoxy) is 1. The molecule has 1 aromatic carbocycles. The molecule has 2 aromatic rings. The van der Waals surface area contributed by atoms with E-state index in [0.29, 0.717) is 23.7 Å². The molecule has 0 bridgehead atoms. The number of nitrogens with zero attached hydrogens (tertiary/aromatic N) is 2. The Morgan fingerprint density at radius 2 is 2.00 bits per heavy atom. The number of aromatic nitrogens is 2. The summed E-state index contributed by atoms with van der Waals surface area (Å²) in [6.07, 6.45) is -2.98. The number of nitrogens with one attached hydrogen (secondary N) is 1. The fourth-order valence-corrected chi connectivity index (χ4v) is 3.47. The number of carbonyl (C=O) groups is 1. The number of hydrogen-bond donors (Lipinski definition) is 1. The summed E-state index contributed by atoms with van der Waals surface area (Å²) in [4.78, 5) is 12.3. The Kier molecular flexibility index (Phi) is 5.27. The van der Waals surface area contributed by atoms with Gasteiger partial charge in [0.25, 0.3) is 0 Å². The van der Waals surface area contributed by atoms with Crippen LogP contribution in [0.15, 0.2) is 28.7 Å². The standard InChI is InChI=1S/C17H17BrF3N3O2/c1-2-26-12-7-5-11(6-8-12)22-13(25)9-24-15(10-3-4-10)14(18)16(23-24)17(19,20)21/h5-8,10H,2-4,9H2,1H3,(H,22,25). The second-order valence-corrected chi connectivity index (χ2v) is 6.78. The van der Waals surface area contributed by atoms with Crippen molar-refractivity contribution in [3.63, 3.8) is 0 Å². The van der Waals surface area contributed by atoms with E-state index in [0.717, 1.165) is 17.5 Å². The Balaban J connectivity index is 1.74. The number of halogens is 4. The number of alkyl halides is 3. The van der Waals surface area contributed by atoms with Crippen molar-refractivity contribution >= 4 is 27.5 Å². The van der Waals surface area contributed by atoms with Gasteiger partial charge in [-0.1, -0.05) is 0 Å². The first-order valence-electron chi connectivity index (χ1n) is 8.15. The summed E-state index contributed by atoms with van der Waals surface area (Å²) >= 11 is 3.01. The Morgan fingerprint density at radius 1 is 1.35 bits per heavy atom. The molecule has 1 fully saturated rings. The van der Waals surface area contributed by atoms with Crippen molar-refractivity contribution in [1.82, 2.24) is 9.78 Å². The molecule has 140 valence electrons. The van der Waals surface area contributed by atoms with Gasteiger partial charge in [0.2, 0.25) is 5.91 Å². The van der Waals surface area contributed by atoms with Crippen LogP contribution in [0.25, 0.3) is 0 Å². The molecule has 1 saturated carbocycles. The van der Waals surface area contributed by atoms with Gasteiger partial charge in [0.1, 0.15) is 12.3 Å². The lowest BCUT2D eigenvalue weighted by Gasteiger charge is -2.09.